The van der Waals surface area contributed by atoms with Gasteiger partial charge in [-0.05, 0) is 17.7 Å². The first kappa shape index (κ1) is 10.6. The van der Waals surface area contributed by atoms with E-state index in [1.54, 1.807) is 24.3 Å². The first-order valence-corrected chi connectivity index (χ1v) is 4.32. The quantitative estimate of drug-likeness (QED) is 0.817. The Hall–Kier alpha value is -1.48. The van der Waals surface area contributed by atoms with Crippen LogP contribution in [-0.4, -0.2) is 18.2 Å². The lowest BCUT2D eigenvalue weighted by Crippen LogP contribution is -2.24. The zero-order valence-electron chi connectivity index (χ0n) is 7.70. The van der Waals surface area contributed by atoms with Crippen molar-refractivity contribution in [1.82, 2.24) is 0 Å². The van der Waals surface area contributed by atoms with E-state index in [-0.39, 0.29) is 0 Å². The fourth-order valence-electron chi connectivity index (χ4n) is 1.08. The molecule has 14 heavy (non-hydrogen) atoms. The van der Waals surface area contributed by atoms with E-state index in [1.807, 2.05) is 0 Å². The standard InChI is InChI=1S/C10H10ClNO2/c1-3-7-4-5-8(11)6-9(7)12(2)10(13)14/h3-6H,1H2,2H3,(H,13,14). The van der Waals surface area contributed by atoms with Gasteiger partial charge < -0.3 is 5.11 Å². The molecule has 1 aromatic carbocycles. The minimum atomic E-state index is -1.03. The molecule has 0 aromatic heterocycles. The third-order valence-corrected chi connectivity index (χ3v) is 2.10. The van der Waals surface area contributed by atoms with Gasteiger partial charge in [-0.2, -0.15) is 0 Å². The summed E-state index contributed by atoms with van der Waals surface area (Å²) in [5.41, 5.74) is 1.26. The predicted octanol–water partition coefficient (Wildman–Crippen LogP) is 3.10. The number of amides is 1. The molecule has 0 saturated heterocycles. The van der Waals surface area contributed by atoms with Gasteiger partial charge in [0, 0.05) is 12.1 Å². The van der Waals surface area contributed by atoms with Crippen molar-refractivity contribution in [2.75, 3.05) is 11.9 Å². The van der Waals surface area contributed by atoms with E-state index >= 15 is 0 Å². The molecular weight excluding hydrogens is 202 g/mol. The molecule has 0 unspecified atom stereocenters. The van der Waals surface area contributed by atoms with Crippen molar-refractivity contribution >= 4 is 29.5 Å². The van der Waals surface area contributed by atoms with Gasteiger partial charge >= 0.3 is 6.09 Å². The SMILES string of the molecule is C=Cc1ccc(Cl)cc1N(C)C(=O)O. The number of hydrogen-bond donors (Lipinski definition) is 1. The van der Waals surface area contributed by atoms with Crippen LogP contribution in [0.2, 0.25) is 5.02 Å². The highest BCUT2D eigenvalue weighted by Crippen LogP contribution is 2.24. The maximum absolute atomic E-state index is 10.7. The normalized spacial score (nSPS) is 9.57. The van der Waals surface area contributed by atoms with Crippen LogP contribution in [0.4, 0.5) is 10.5 Å². The van der Waals surface area contributed by atoms with Crippen molar-refractivity contribution in [2.24, 2.45) is 0 Å². The fraction of sp³-hybridized carbons (Fsp3) is 0.100. The minimum Gasteiger partial charge on any atom is -0.465 e. The highest BCUT2D eigenvalue weighted by Gasteiger charge is 2.11. The molecule has 0 heterocycles. The number of hydrogen-bond acceptors (Lipinski definition) is 1. The number of benzene rings is 1. The van der Waals surface area contributed by atoms with Crippen LogP contribution < -0.4 is 4.90 Å². The van der Waals surface area contributed by atoms with Crippen molar-refractivity contribution in [3.8, 4) is 0 Å². The van der Waals surface area contributed by atoms with Crippen molar-refractivity contribution in [3.05, 3.63) is 35.4 Å². The molecule has 0 radical (unpaired) electrons. The molecular formula is C10H10ClNO2. The highest BCUT2D eigenvalue weighted by molar-refractivity contribution is 6.31. The number of carboxylic acid groups (broad SMARTS) is 1. The molecule has 0 aliphatic carbocycles. The Morgan fingerprint density at radius 1 is 1.64 bits per heavy atom. The number of carbonyl (C=O) groups is 1. The van der Waals surface area contributed by atoms with E-state index in [0.29, 0.717) is 10.7 Å². The van der Waals surface area contributed by atoms with Gasteiger partial charge in [0.2, 0.25) is 0 Å². The summed E-state index contributed by atoms with van der Waals surface area (Å²) in [6.45, 7) is 3.60. The van der Waals surface area contributed by atoms with Gasteiger partial charge in [0.1, 0.15) is 0 Å². The molecule has 0 spiro atoms. The summed E-state index contributed by atoms with van der Waals surface area (Å²) in [7, 11) is 1.46. The lowest BCUT2D eigenvalue weighted by molar-refractivity contribution is 0.203. The lowest BCUT2D eigenvalue weighted by Gasteiger charge is -2.15. The van der Waals surface area contributed by atoms with Gasteiger partial charge in [0.15, 0.2) is 0 Å². The zero-order chi connectivity index (χ0) is 10.7. The smallest absolute Gasteiger partial charge is 0.411 e. The summed E-state index contributed by atoms with van der Waals surface area (Å²) in [4.78, 5) is 11.8. The zero-order valence-corrected chi connectivity index (χ0v) is 8.45. The minimum absolute atomic E-state index is 0.499. The highest BCUT2D eigenvalue weighted by atomic mass is 35.5. The second kappa shape index (κ2) is 4.15. The fourth-order valence-corrected chi connectivity index (χ4v) is 1.25. The maximum Gasteiger partial charge on any atom is 0.411 e. The Bertz CT molecular complexity index is 376. The number of rotatable bonds is 2. The van der Waals surface area contributed by atoms with Crippen LogP contribution in [-0.2, 0) is 0 Å². The molecule has 0 atom stereocenters. The topological polar surface area (TPSA) is 40.5 Å². The van der Waals surface area contributed by atoms with E-state index < -0.39 is 6.09 Å². The van der Waals surface area contributed by atoms with Crippen LogP contribution in [0, 0.1) is 0 Å². The monoisotopic (exact) mass is 211 g/mol. The van der Waals surface area contributed by atoms with Gasteiger partial charge in [0.05, 0.1) is 5.69 Å². The Balaban J connectivity index is 3.23. The van der Waals surface area contributed by atoms with E-state index in [2.05, 4.69) is 6.58 Å². The van der Waals surface area contributed by atoms with Gasteiger partial charge in [-0.3, -0.25) is 4.90 Å². The van der Waals surface area contributed by atoms with Gasteiger partial charge in [-0.1, -0.05) is 30.3 Å². The van der Waals surface area contributed by atoms with Crippen LogP contribution in [0.25, 0.3) is 6.08 Å². The summed E-state index contributed by atoms with van der Waals surface area (Å²) in [5, 5.41) is 9.29. The van der Waals surface area contributed by atoms with Crippen molar-refractivity contribution < 1.29 is 9.90 Å². The Labute approximate surface area is 87.2 Å². The lowest BCUT2D eigenvalue weighted by atomic mass is 10.1. The van der Waals surface area contributed by atoms with Crippen LogP contribution in [0.3, 0.4) is 0 Å². The van der Waals surface area contributed by atoms with Crippen molar-refractivity contribution in [1.29, 1.82) is 0 Å². The molecule has 4 heteroatoms. The Morgan fingerprint density at radius 3 is 2.79 bits per heavy atom. The molecule has 0 aliphatic rings. The predicted molar refractivity (Wildman–Crippen MR) is 58.0 cm³/mol. The van der Waals surface area contributed by atoms with E-state index in [1.165, 1.54) is 7.05 Å². The van der Waals surface area contributed by atoms with Crippen LogP contribution >= 0.6 is 11.6 Å². The van der Waals surface area contributed by atoms with Gasteiger partial charge in [-0.25, -0.2) is 4.79 Å². The Kier molecular flexibility index (Phi) is 3.14. The number of halogens is 1. The average molecular weight is 212 g/mol. The summed E-state index contributed by atoms with van der Waals surface area (Å²) in [6.07, 6.45) is 0.556. The molecule has 1 amide bonds. The van der Waals surface area contributed by atoms with Crippen LogP contribution in [0.5, 0.6) is 0 Å². The molecule has 74 valence electrons. The summed E-state index contributed by atoms with van der Waals surface area (Å²) < 4.78 is 0. The molecule has 1 rings (SSSR count). The first-order chi connectivity index (χ1) is 6.56. The second-order valence-corrected chi connectivity index (χ2v) is 3.19. The molecule has 1 N–H and O–H groups in total. The van der Waals surface area contributed by atoms with E-state index in [0.717, 1.165) is 10.5 Å². The van der Waals surface area contributed by atoms with Crippen LogP contribution in [0.1, 0.15) is 5.56 Å². The average Bonchev–Trinajstić information content (AvgIpc) is 2.16. The molecule has 3 nitrogen and oxygen atoms in total. The maximum atomic E-state index is 10.7. The van der Waals surface area contributed by atoms with Crippen molar-refractivity contribution in [3.63, 3.8) is 0 Å². The molecule has 0 fully saturated rings. The third kappa shape index (κ3) is 2.06. The first-order valence-electron chi connectivity index (χ1n) is 3.95. The largest absolute Gasteiger partial charge is 0.465 e. The molecule has 0 saturated carbocycles. The molecule has 0 bridgehead atoms. The Morgan fingerprint density at radius 2 is 2.29 bits per heavy atom. The van der Waals surface area contributed by atoms with Gasteiger partial charge in [-0.15, -0.1) is 0 Å². The second-order valence-electron chi connectivity index (χ2n) is 2.75. The summed E-state index contributed by atoms with van der Waals surface area (Å²) in [6, 6.07) is 5.01. The van der Waals surface area contributed by atoms with Gasteiger partial charge in [0.25, 0.3) is 0 Å². The van der Waals surface area contributed by atoms with E-state index in [4.69, 9.17) is 16.7 Å². The van der Waals surface area contributed by atoms with E-state index in [9.17, 15) is 4.79 Å². The number of anilines is 1. The third-order valence-electron chi connectivity index (χ3n) is 1.86. The molecule has 0 aliphatic heterocycles. The van der Waals surface area contributed by atoms with Crippen LogP contribution in [0.15, 0.2) is 24.8 Å². The summed E-state index contributed by atoms with van der Waals surface area (Å²) >= 11 is 5.77. The van der Waals surface area contributed by atoms with Crippen molar-refractivity contribution in [2.45, 2.75) is 0 Å². The summed E-state index contributed by atoms with van der Waals surface area (Å²) in [5.74, 6) is 0. The molecule has 1 aromatic rings. The number of nitrogens with zero attached hydrogens (tertiary/aromatic N) is 1.